The summed E-state index contributed by atoms with van der Waals surface area (Å²) in [7, 11) is 0. The van der Waals surface area contributed by atoms with E-state index in [1.165, 1.54) is 12.5 Å². The third-order valence-corrected chi connectivity index (χ3v) is 1.85. The van der Waals surface area contributed by atoms with Crippen molar-refractivity contribution < 1.29 is 4.79 Å². The van der Waals surface area contributed by atoms with Crippen LogP contribution < -0.4 is 11.5 Å². The second-order valence-corrected chi connectivity index (χ2v) is 2.91. The zero-order valence-corrected chi connectivity index (χ0v) is 8.63. The summed E-state index contributed by atoms with van der Waals surface area (Å²) >= 11 is 0. The quantitative estimate of drug-likeness (QED) is 0.802. The number of rotatable bonds is 2. The van der Waals surface area contributed by atoms with Crippen molar-refractivity contribution in [3.8, 4) is 0 Å². The van der Waals surface area contributed by atoms with Gasteiger partial charge in [-0.3, -0.25) is 4.79 Å². The van der Waals surface area contributed by atoms with E-state index >= 15 is 0 Å². The Balaban J connectivity index is 0.00000128. The van der Waals surface area contributed by atoms with Gasteiger partial charge < -0.3 is 11.5 Å². The molecule has 4 N–H and O–H groups in total. The number of hydrogen-bond acceptors (Lipinski definition) is 4. The number of hydrogen-bond donors (Lipinski definition) is 2. The summed E-state index contributed by atoms with van der Waals surface area (Å²) < 4.78 is 0. The van der Waals surface area contributed by atoms with E-state index in [1.54, 1.807) is 6.07 Å². The first-order chi connectivity index (χ1) is 7.36. The van der Waals surface area contributed by atoms with Crippen molar-refractivity contribution >= 4 is 11.6 Å². The smallest absolute Gasteiger partial charge is 0.274 e. The fourth-order valence-corrected chi connectivity index (χ4v) is 1.14. The zero-order valence-electron chi connectivity index (χ0n) is 8.63. The molecule has 2 rings (SSSR count). The molecule has 0 radical (unpaired) electrons. The van der Waals surface area contributed by atoms with Crippen molar-refractivity contribution in [2.75, 3.05) is 5.32 Å². The van der Waals surface area contributed by atoms with Crippen molar-refractivity contribution in [3.63, 3.8) is 0 Å². The van der Waals surface area contributed by atoms with Gasteiger partial charge in [-0.05, 0) is 18.2 Å². The van der Waals surface area contributed by atoms with Crippen LogP contribution in [-0.2, 0) is 0 Å². The molecular formula is C11H12N4O. The Bertz CT molecular complexity index is 444. The average Bonchev–Trinajstić information content (AvgIpc) is 2.31. The highest BCUT2D eigenvalue weighted by Crippen LogP contribution is 2.06. The van der Waals surface area contributed by atoms with E-state index < -0.39 is 0 Å². The second-order valence-electron chi connectivity index (χ2n) is 2.91. The van der Waals surface area contributed by atoms with E-state index in [-0.39, 0.29) is 12.1 Å². The number of aromatic nitrogens is 2. The molecule has 82 valence electrons. The highest BCUT2D eigenvalue weighted by Gasteiger charge is 2.05. The lowest BCUT2D eigenvalue weighted by Gasteiger charge is -2.02. The predicted octanol–water partition coefficient (Wildman–Crippen LogP) is 1.89. The van der Waals surface area contributed by atoms with Gasteiger partial charge in [-0.15, -0.1) is 0 Å². The van der Waals surface area contributed by atoms with Crippen molar-refractivity contribution in [3.05, 3.63) is 54.6 Å². The fourth-order valence-electron chi connectivity index (χ4n) is 1.14. The number of carbonyl (C=O) groups excluding carboxylic acids is 1. The van der Waals surface area contributed by atoms with Crippen LogP contribution in [0.15, 0.2) is 48.9 Å². The van der Waals surface area contributed by atoms with E-state index in [1.807, 2.05) is 30.3 Å². The highest BCUT2D eigenvalue weighted by atomic mass is 16.1. The van der Waals surface area contributed by atoms with Crippen LogP contribution in [0.5, 0.6) is 0 Å². The van der Waals surface area contributed by atoms with Crippen LogP contribution in [0.25, 0.3) is 0 Å². The molecule has 1 heterocycles. The molecule has 1 aromatic heterocycles. The Labute approximate surface area is 93.1 Å². The summed E-state index contributed by atoms with van der Waals surface area (Å²) in [4.78, 5) is 19.2. The van der Waals surface area contributed by atoms with Crippen LogP contribution in [0.4, 0.5) is 5.69 Å². The fraction of sp³-hybridized carbons (Fsp3) is 0. The van der Waals surface area contributed by atoms with Crippen LogP contribution >= 0.6 is 0 Å². The van der Waals surface area contributed by atoms with E-state index in [2.05, 4.69) is 15.3 Å². The Hall–Kier alpha value is -2.27. The largest absolute Gasteiger partial charge is 0.344 e. The maximum Gasteiger partial charge on any atom is 0.274 e. The Morgan fingerprint density at radius 1 is 1.12 bits per heavy atom. The molecule has 0 unspecified atom stereocenters. The molecule has 0 atom stereocenters. The third-order valence-electron chi connectivity index (χ3n) is 1.85. The van der Waals surface area contributed by atoms with Gasteiger partial charge in [0.2, 0.25) is 0 Å². The molecule has 5 nitrogen and oxygen atoms in total. The van der Waals surface area contributed by atoms with Gasteiger partial charge in [0.05, 0.1) is 0 Å². The Morgan fingerprint density at radius 3 is 2.50 bits per heavy atom. The maximum absolute atomic E-state index is 11.6. The third kappa shape index (κ3) is 2.86. The van der Waals surface area contributed by atoms with Crippen molar-refractivity contribution in [1.82, 2.24) is 16.1 Å². The van der Waals surface area contributed by atoms with Crippen LogP contribution in [0.3, 0.4) is 0 Å². The van der Waals surface area contributed by atoms with E-state index in [0.29, 0.717) is 5.69 Å². The predicted molar refractivity (Wildman–Crippen MR) is 61.4 cm³/mol. The van der Waals surface area contributed by atoms with Crippen LogP contribution in [0.2, 0.25) is 0 Å². The zero-order chi connectivity index (χ0) is 10.5. The minimum absolute atomic E-state index is 0. The van der Waals surface area contributed by atoms with Crippen LogP contribution in [-0.4, -0.2) is 15.9 Å². The topological polar surface area (TPSA) is 89.9 Å². The normalized spacial score (nSPS) is 9.00. The number of anilines is 1. The van der Waals surface area contributed by atoms with Gasteiger partial charge in [-0.2, -0.15) is 0 Å². The standard InChI is InChI=1S/C11H9N3O.H3N/c15-11(10-6-7-12-8-13-10)14-9-4-2-1-3-5-9;/h1-8H,(H,14,15);1H3. The average molecular weight is 216 g/mol. The SMILES string of the molecule is N.O=C(Nc1ccccc1)c1ccncn1. The Kier molecular flexibility index (Phi) is 4.11. The van der Waals surface area contributed by atoms with E-state index in [4.69, 9.17) is 0 Å². The van der Waals surface area contributed by atoms with Gasteiger partial charge in [-0.25, -0.2) is 9.97 Å². The van der Waals surface area contributed by atoms with Crippen LogP contribution in [0.1, 0.15) is 10.5 Å². The number of carbonyl (C=O) groups is 1. The number of benzene rings is 1. The van der Waals surface area contributed by atoms with Crippen LogP contribution in [0, 0.1) is 0 Å². The van der Waals surface area contributed by atoms with Crippen molar-refractivity contribution in [2.45, 2.75) is 0 Å². The number of amides is 1. The van der Waals surface area contributed by atoms with Gasteiger partial charge >= 0.3 is 0 Å². The summed E-state index contributed by atoms with van der Waals surface area (Å²) in [6.07, 6.45) is 2.88. The highest BCUT2D eigenvalue weighted by molar-refractivity contribution is 6.02. The molecule has 0 saturated carbocycles. The summed E-state index contributed by atoms with van der Waals surface area (Å²) in [6, 6.07) is 10.8. The van der Waals surface area contributed by atoms with Gasteiger partial charge in [0, 0.05) is 11.9 Å². The summed E-state index contributed by atoms with van der Waals surface area (Å²) in [5, 5.41) is 2.73. The molecular weight excluding hydrogens is 204 g/mol. The second kappa shape index (κ2) is 5.57. The molecule has 0 aliphatic heterocycles. The van der Waals surface area contributed by atoms with Gasteiger partial charge in [0.15, 0.2) is 0 Å². The molecule has 5 heteroatoms. The van der Waals surface area contributed by atoms with Gasteiger partial charge in [-0.1, -0.05) is 18.2 Å². The minimum atomic E-state index is -0.233. The number of para-hydroxylation sites is 1. The van der Waals surface area contributed by atoms with E-state index in [9.17, 15) is 4.79 Å². The first-order valence-electron chi connectivity index (χ1n) is 4.49. The molecule has 0 saturated heterocycles. The summed E-state index contributed by atoms with van der Waals surface area (Å²) in [5.41, 5.74) is 1.11. The van der Waals surface area contributed by atoms with Gasteiger partial charge in [0.1, 0.15) is 12.0 Å². The first-order valence-corrected chi connectivity index (χ1v) is 4.49. The molecule has 0 aliphatic rings. The maximum atomic E-state index is 11.6. The van der Waals surface area contributed by atoms with Crippen molar-refractivity contribution in [2.24, 2.45) is 0 Å². The lowest BCUT2D eigenvalue weighted by molar-refractivity contribution is 0.102. The minimum Gasteiger partial charge on any atom is -0.344 e. The number of nitrogens with one attached hydrogen (secondary N) is 1. The van der Waals surface area contributed by atoms with E-state index in [0.717, 1.165) is 5.69 Å². The van der Waals surface area contributed by atoms with Crippen molar-refractivity contribution in [1.29, 1.82) is 0 Å². The molecule has 0 bridgehead atoms. The number of nitrogens with zero attached hydrogens (tertiary/aromatic N) is 2. The Morgan fingerprint density at radius 2 is 1.88 bits per heavy atom. The van der Waals surface area contributed by atoms with Gasteiger partial charge in [0.25, 0.3) is 5.91 Å². The molecule has 0 fully saturated rings. The lowest BCUT2D eigenvalue weighted by Crippen LogP contribution is -2.13. The summed E-state index contributed by atoms with van der Waals surface area (Å²) in [5.74, 6) is -0.233. The first kappa shape index (κ1) is 11.8. The molecule has 1 aromatic carbocycles. The molecule has 2 aromatic rings. The lowest BCUT2D eigenvalue weighted by atomic mass is 10.3. The monoisotopic (exact) mass is 216 g/mol. The molecule has 1 amide bonds. The molecule has 0 spiro atoms. The molecule has 16 heavy (non-hydrogen) atoms. The molecule has 0 aliphatic carbocycles. The summed E-state index contributed by atoms with van der Waals surface area (Å²) in [6.45, 7) is 0.